The van der Waals surface area contributed by atoms with E-state index in [9.17, 15) is 9.90 Å². The highest BCUT2D eigenvalue weighted by molar-refractivity contribution is 5.69. The Morgan fingerprint density at radius 2 is 2.06 bits per heavy atom. The molecule has 2 bridgehead atoms. The fourth-order valence-electron chi connectivity index (χ4n) is 2.63. The van der Waals surface area contributed by atoms with E-state index in [2.05, 4.69) is 0 Å². The molecular weight excluding hydrogens is 206 g/mol. The third-order valence-corrected chi connectivity index (χ3v) is 3.43. The Labute approximate surface area is 96.6 Å². The van der Waals surface area contributed by atoms with Crippen molar-refractivity contribution < 1.29 is 14.6 Å². The normalized spacial score (nSPS) is 34.0. The van der Waals surface area contributed by atoms with Gasteiger partial charge >= 0.3 is 6.09 Å². The van der Waals surface area contributed by atoms with Crippen molar-refractivity contribution in [2.75, 3.05) is 6.54 Å². The maximum atomic E-state index is 11.9. The number of aliphatic hydroxyl groups excluding tert-OH is 1. The van der Waals surface area contributed by atoms with Crippen LogP contribution in [-0.4, -0.2) is 40.4 Å². The van der Waals surface area contributed by atoms with Crippen molar-refractivity contribution >= 4 is 6.09 Å². The van der Waals surface area contributed by atoms with Crippen molar-refractivity contribution in [3.05, 3.63) is 0 Å². The van der Waals surface area contributed by atoms with Crippen molar-refractivity contribution in [2.24, 2.45) is 5.92 Å². The summed E-state index contributed by atoms with van der Waals surface area (Å²) in [6, 6.07) is 0.176. The Balaban J connectivity index is 1.99. The molecule has 0 unspecified atom stereocenters. The summed E-state index contributed by atoms with van der Waals surface area (Å²) in [7, 11) is 0. The fraction of sp³-hybridized carbons (Fsp3) is 0.917. The average Bonchev–Trinajstić information content (AvgIpc) is 2.15. The van der Waals surface area contributed by atoms with Gasteiger partial charge in [-0.2, -0.15) is 0 Å². The summed E-state index contributed by atoms with van der Waals surface area (Å²) in [6.45, 7) is 6.28. The van der Waals surface area contributed by atoms with Gasteiger partial charge in [0.1, 0.15) is 5.60 Å². The van der Waals surface area contributed by atoms with Crippen molar-refractivity contribution in [2.45, 2.75) is 57.8 Å². The first kappa shape index (κ1) is 11.7. The quantitative estimate of drug-likeness (QED) is 0.686. The first-order valence-electron chi connectivity index (χ1n) is 6.04. The third-order valence-electron chi connectivity index (χ3n) is 3.43. The number of amides is 1. The Kier molecular flexibility index (Phi) is 2.86. The molecule has 92 valence electrons. The maximum absolute atomic E-state index is 11.9. The summed E-state index contributed by atoms with van der Waals surface area (Å²) in [4.78, 5) is 13.7. The van der Waals surface area contributed by atoms with Gasteiger partial charge in [0.25, 0.3) is 0 Å². The molecule has 16 heavy (non-hydrogen) atoms. The van der Waals surface area contributed by atoms with Crippen molar-refractivity contribution in [1.82, 2.24) is 4.90 Å². The topological polar surface area (TPSA) is 49.8 Å². The van der Waals surface area contributed by atoms with E-state index in [0.717, 1.165) is 12.8 Å². The summed E-state index contributed by atoms with van der Waals surface area (Å²) < 4.78 is 5.37. The number of nitrogens with zero attached hydrogens (tertiary/aromatic N) is 1. The minimum atomic E-state index is -0.438. The van der Waals surface area contributed by atoms with Crippen molar-refractivity contribution in [3.63, 3.8) is 0 Å². The average molecular weight is 227 g/mol. The number of carbonyl (C=O) groups is 1. The number of carbonyl (C=O) groups excluding carboxylic acids is 1. The van der Waals surface area contributed by atoms with E-state index >= 15 is 0 Å². The summed E-state index contributed by atoms with van der Waals surface area (Å²) >= 11 is 0. The molecule has 0 aromatic rings. The molecule has 3 rings (SSSR count). The van der Waals surface area contributed by atoms with E-state index in [1.165, 1.54) is 0 Å². The van der Waals surface area contributed by atoms with Crippen LogP contribution in [-0.2, 0) is 4.74 Å². The van der Waals surface area contributed by atoms with Crippen LogP contribution in [0.25, 0.3) is 0 Å². The molecule has 2 heterocycles. The Hall–Kier alpha value is -0.770. The second kappa shape index (κ2) is 3.91. The molecule has 4 nitrogen and oxygen atoms in total. The van der Waals surface area contributed by atoms with Gasteiger partial charge in [-0.05, 0) is 40.0 Å². The van der Waals surface area contributed by atoms with E-state index in [1.807, 2.05) is 20.8 Å². The van der Waals surface area contributed by atoms with Crippen LogP contribution in [0.3, 0.4) is 0 Å². The number of hydrogen-bond donors (Lipinski definition) is 1. The van der Waals surface area contributed by atoms with Gasteiger partial charge in [-0.3, -0.25) is 0 Å². The zero-order valence-electron chi connectivity index (χ0n) is 10.3. The summed E-state index contributed by atoms with van der Waals surface area (Å²) in [5, 5.41) is 9.75. The molecule has 2 aliphatic heterocycles. The molecule has 3 fully saturated rings. The molecule has 0 aromatic heterocycles. The summed E-state index contributed by atoms with van der Waals surface area (Å²) in [5.74, 6) is 0.248. The van der Waals surface area contributed by atoms with Crippen LogP contribution >= 0.6 is 0 Å². The molecule has 1 aliphatic carbocycles. The van der Waals surface area contributed by atoms with E-state index in [0.29, 0.717) is 13.0 Å². The molecule has 3 atom stereocenters. The smallest absolute Gasteiger partial charge is 0.410 e. The number of rotatable bonds is 0. The molecular formula is C12H21NO3. The summed E-state index contributed by atoms with van der Waals surface area (Å²) in [5.41, 5.74) is -0.438. The van der Waals surface area contributed by atoms with Gasteiger partial charge in [0.2, 0.25) is 0 Å². The van der Waals surface area contributed by atoms with Crippen LogP contribution < -0.4 is 0 Å². The molecule has 1 N–H and O–H groups in total. The molecule has 0 radical (unpaired) electrons. The van der Waals surface area contributed by atoms with Crippen LogP contribution in [0.2, 0.25) is 0 Å². The van der Waals surface area contributed by atoms with Crippen molar-refractivity contribution in [1.29, 1.82) is 0 Å². The highest BCUT2D eigenvalue weighted by atomic mass is 16.6. The zero-order chi connectivity index (χ0) is 11.9. The number of fused-ring (bicyclic) bond motifs is 3. The second-order valence-electron chi connectivity index (χ2n) is 5.93. The molecule has 0 spiro atoms. The predicted molar refractivity (Wildman–Crippen MR) is 60.1 cm³/mol. The van der Waals surface area contributed by atoms with Gasteiger partial charge in [0, 0.05) is 18.5 Å². The SMILES string of the molecule is CC(C)(C)OC(=O)N1C[C@H]2CC[C@@H]1C[C@H]2O. The number of piperidine rings is 2. The molecule has 4 heteroatoms. The molecule has 1 saturated carbocycles. The molecule has 1 amide bonds. The van der Waals surface area contributed by atoms with E-state index in [-0.39, 0.29) is 24.2 Å². The second-order valence-corrected chi connectivity index (χ2v) is 5.93. The Bertz CT molecular complexity index is 284. The number of hydrogen-bond acceptors (Lipinski definition) is 3. The number of aliphatic hydroxyl groups is 1. The minimum absolute atomic E-state index is 0.176. The molecule has 3 aliphatic rings. The fourth-order valence-corrected chi connectivity index (χ4v) is 2.63. The van der Waals surface area contributed by atoms with Gasteiger partial charge in [-0.25, -0.2) is 4.79 Å². The Morgan fingerprint density at radius 1 is 1.38 bits per heavy atom. The highest BCUT2D eigenvalue weighted by Gasteiger charge is 2.42. The lowest BCUT2D eigenvalue weighted by Gasteiger charge is -2.47. The van der Waals surface area contributed by atoms with Crippen LogP contribution in [0.5, 0.6) is 0 Å². The first-order valence-corrected chi connectivity index (χ1v) is 6.04. The lowest BCUT2D eigenvalue weighted by Crippen LogP contribution is -2.56. The van der Waals surface area contributed by atoms with Crippen LogP contribution in [0.4, 0.5) is 4.79 Å². The zero-order valence-corrected chi connectivity index (χ0v) is 10.3. The summed E-state index contributed by atoms with van der Waals surface area (Å²) in [6.07, 6.45) is 2.29. The highest BCUT2D eigenvalue weighted by Crippen LogP contribution is 2.35. The van der Waals surface area contributed by atoms with Crippen molar-refractivity contribution in [3.8, 4) is 0 Å². The molecule has 0 aromatic carbocycles. The monoisotopic (exact) mass is 227 g/mol. The van der Waals surface area contributed by atoms with E-state index in [1.54, 1.807) is 4.90 Å². The lowest BCUT2D eigenvalue weighted by atomic mass is 9.78. The largest absolute Gasteiger partial charge is 0.444 e. The minimum Gasteiger partial charge on any atom is -0.444 e. The standard InChI is InChI=1S/C12H21NO3/c1-12(2,3)16-11(15)13-7-8-4-5-9(13)6-10(8)14/h8-10,14H,4-7H2,1-3H3/t8-,9-,10-/m1/s1. The number of ether oxygens (including phenoxy) is 1. The van der Waals surface area contributed by atoms with Gasteiger partial charge in [-0.1, -0.05) is 0 Å². The lowest BCUT2D eigenvalue weighted by molar-refractivity contribution is -0.0584. The van der Waals surface area contributed by atoms with E-state index in [4.69, 9.17) is 4.74 Å². The predicted octanol–water partition coefficient (Wildman–Crippen LogP) is 1.77. The van der Waals surface area contributed by atoms with Crippen LogP contribution in [0.15, 0.2) is 0 Å². The van der Waals surface area contributed by atoms with Crippen LogP contribution in [0, 0.1) is 5.92 Å². The molecule has 2 saturated heterocycles. The van der Waals surface area contributed by atoms with Gasteiger partial charge in [0.15, 0.2) is 0 Å². The van der Waals surface area contributed by atoms with Gasteiger partial charge < -0.3 is 14.7 Å². The maximum Gasteiger partial charge on any atom is 0.410 e. The van der Waals surface area contributed by atoms with Crippen LogP contribution in [0.1, 0.15) is 40.0 Å². The van der Waals surface area contributed by atoms with Gasteiger partial charge in [-0.15, -0.1) is 0 Å². The van der Waals surface area contributed by atoms with Gasteiger partial charge in [0.05, 0.1) is 6.10 Å². The Morgan fingerprint density at radius 3 is 2.50 bits per heavy atom. The van der Waals surface area contributed by atoms with E-state index < -0.39 is 5.60 Å². The third kappa shape index (κ3) is 2.32. The first-order chi connectivity index (χ1) is 7.37.